The molecular weight excluding hydrogens is 773 g/mol. The lowest BCUT2D eigenvalue weighted by Gasteiger charge is -2.33. The van der Waals surface area contributed by atoms with E-state index in [1.54, 1.807) is 0 Å². The highest BCUT2D eigenvalue weighted by Gasteiger charge is 2.52. The quantitative estimate of drug-likeness (QED) is 0.102. The van der Waals surface area contributed by atoms with Crippen molar-refractivity contribution in [2.45, 2.75) is 90.9 Å². The Morgan fingerprint density at radius 1 is 0.312 bits per heavy atom. The van der Waals surface area contributed by atoms with Crippen LogP contribution in [0.2, 0.25) is 0 Å². The molecule has 0 saturated heterocycles. The maximum atomic E-state index is 2.52. The largest absolute Gasteiger partial charge is 0.310 e. The average Bonchev–Trinajstić information content (AvgIpc) is 3.81. The highest BCUT2D eigenvalue weighted by molar-refractivity contribution is 5.97. The summed E-state index contributed by atoms with van der Waals surface area (Å²) in [5.74, 6) is 0. The lowest BCUT2D eigenvalue weighted by molar-refractivity contribution is 0.793. The van der Waals surface area contributed by atoms with Crippen LogP contribution in [0.5, 0.6) is 0 Å². The van der Waals surface area contributed by atoms with Gasteiger partial charge in [-0.3, -0.25) is 0 Å². The number of aryl methyl sites for hydroxylation is 4. The van der Waals surface area contributed by atoms with Crippen LogP contribution >= 0.6 is 0 Å². The predicted molar refractivity (Wildman–Crippen MR) is 273 cm³/mol. The van der Waals surface area contributed by atoms with Gasteiger partial charge in [0.05, 0.1) is 5.41 Å². The van der Waals surface area contributed by atoms with Crippen molar-refractivity contribution in [3.05, 3.63) is 226 Å². The van der Waals surface area contributed by atoms with E-state index in [1.165, 1.54) is 121 Å². The third-order valence-corrected chi connectivity index (χ3v) is 13.9. The molecule has 0 bridgehead atoms. The Morgan fingerprint density at radius 3 is 1.03 bits per heavy atom. The molecule has 0 atom stereocenters. The van der Waals surface area contributed by atoms with E-state index in [0.717, 1.165) is 37.8 Å². The van der Waals surface area contributed by atoms with Crippen LogP contribution in [0.15, 0.2) is 182 Å². The monoisotopic (exact) mass is 832 g/mol. The summed E-state index contributed by atoms with van der Waals surface area (Å²) >= 11 is 0. The van der Waals surface area contributed by atoms with E-state index in [-0.39, 0.29) is 0 Å². The zero-order valence-electron chi connectivity index (χ0n) is 38.1. The number of hydrogen-bond donors (Lipinski definition) is 0. The average molecular weight is 833 g/mol. The minimum absolute atomic E-state index is 0.522. The van der Waals surface area contributed by atoms with Gasteiger partial charge in [-0.15, -0.1) is 0 Å². The summed E-state index contributed by atoms with van der Waals surface area (Å²) in [5, 5.41) is 0. The minimum atomic E-state index is -0.522. The number of rotatable bonds is 15. The number of anilines is 6. The highest BCUT2D eigenvalue weighted by atomic mass is 15.1. The summed E-state index contributed by atoms with van der Waals surface area (Å²) in [5.41, 5.74) is 22.6. The Balaban J connectivity index is 1.18. The van der Waals surface area contributed by atoms with E-state index in [4.69, 9.17) is 0 Å². The van der Waals surface area contributed by atoms with Crippen LogP contribution in [0.4, 0.5) is 34.1 Å². The van der Waals surface area contributed by atoms with Gasteiger partial charge >= 0.3 is 0 Å². The summed E-state index contributed by atoms with van der Waals surface area (Å²) in [4.78, 5) is 4.94. The normalized spacial score (nSPS) is 12.8. The topological polar surface area (TPSA) is 6.48 Å². The van der Waals surface area contributed by atoms with Gasteiger partial charge in [-0.2, -0.15) is 0 Å². The van der Waals surface area contributed by atoms with E-state index in [9.17, 15) is 0 Å². The van der Waals surface area contributed by atoms with Crippen molar-refractivity contribution >= 4 is 34.1 Å². The molecule has 2 heteroatoms. The second-order valence-corrected chi connectivity index (χ2v) is 17.9. The summed E-state index contributed by atoms with van der Waals surface area (Å²) < 4.78 is 0. The van der Waals surface area contributed by atoms with Crippen LogP contribution in [0.1, 0.15) is 104 Å². The molecule has 0 aliphatic heterocycles. The Kier molecular flexibility index (Phi) is 11.5. The van der Waals surface area contributed by atoms with Crippen LogP contribution in [0.3, 0.4) is 0 Å². The van der Waals surface area contributed by atoms with E-state index in [1.807, 2.05) is 0 Å². The van der Waals surface area contributed by atoms with Crippen molar-refractivity contribution < 1.29 is 0 Å². The van der Waals surface area contributed by atoms with Crippen LogP contribution in [0, 0.1) is 0 Å². The molecule has 10 rings (SSSR count). The first-order chi connectivity index (χ1) is 31.5. The standard InChI is InChI=1S/C62H60N2/c1-5-9-16-46-26-34-50(35-27-46)63(48-30-22-44(8-4)23-31-48)52-38-40-56-57-41-39-53(64(49-32-24-45(15-7-3)25-33-49)51-36-28-47(29-37-51)17-10-6-2)43-61(57)62(60(56)42-52)58-20-13-11-18-54(58)55-19-12-14-21-59(55)62/h11-14,18-43H,5-10,15-17H2,1-4H3. The third kappa shape index (κ3) is 7.24. The number of unbranched alkanes of at least 4 members (excludes halogenated alkanes) is 2. The Morgan fingerprint density at radius 2 is 0.656 bits per heavy atom. The van der Waals surface area contributed by atoms with Gasteiger partial charge < -0.3 is 9.80 Å². The molecule has 0 N–H and O–H groups in total. The molecule has 1 spiro atoms. The van der Waals surface area contributed by atoms with Crippen molar-refractivity contribution in [3.8, 4) is 22.3 Å². The zero-order chi connectivity index (χ0) is 43.6. The fraction of sp³-hybridized carbons (Fsp3) is 0.226. The van der Waals surface area contributed by atoms with Crippen molar-refractivity contribution in [3.63, 3.8) is 0 Å². The maximum absolute atomic E-state index is 2.52. The number of fused-ring (bicyclic) bond motifs is 10. The SMILES string of the molecule is CCCCc1ccc(N(c2ccc(CC)cc2)c2ccc3c(c2)C2(c4ccccc4-c4ccccc42)c2cc(N(c4ccc(CCC)cc4)c4ccc(CCCC)cc4)ccc2-3)cc1. The number of nitrogens with zero attached hydrogens (tertiary/aromatic N) is 2. The Bertz CT molecular complexity index is 2840. The van der Waals surface area contributed by atoms with Crippen molar-refractivity contribution in [1.82, 2.24) is 0 Å². The van der Waals surface area contributed by atoms with Crippen molar-refractivity contribution in [1.29, 1.82) is 0 Å². The first kappa shape index (κ1) is 41.4. The molecule has 2 aliphatic carbocycles. The van der Waals surface area contributed by atoms with Gasteiger partial charge in [-0.1, -0.05) is 156 Å². The molecule has 0 unspecified atom stereocenters. The molecule has 0 amide bonds. The van der Waals surface area contributed by atoms with Gasteiger partial charge in [0, 0.05) is 34.1 Å². The molecule has 0 saturated carbocycles. The fourth-order valence-corrected chi connectivity index (χ4v) is 10.7. The first-order valence-corrected chi connectivity index (χ1v) is 24.0. The molecule has 0 fully saturated rings. The number of benzene rings is 8. The highest BCUT2D eigenvalue weighted by Crippen LogP contribution is 2.64. The predicted octanol–water partition coefficient (Wildman–Crippen LogP) is 17.2. The summed E-state index contributed by atoms with van der Waals surface area (Å²) in [6, 6.07) is 70.0. The maximum Gasteiger partial charge on any atom is 0.0727 e. The lowest BCUT2D eigenvalue weighted by Crippen LogP contribution is -2.26. The minimum Gasteiger partial charge on any atom is -0.310 e. The molecule has 2 aliphatic rings. The summed E-state index contributed by atoms with van der Waals surface area (Å²) in [6.45, 7) is 9.03. The second kappa shape index (κ2) is 17.9. The van der Waals surface area contributed by atoms with Gasteiger partial charge in [0.1, 0.15) is 0 Å². The van der Waals surface area contributed by atoms with Gasteiger partial charge in [0.25, 0.3) is 0 Å². The number of hydrogen-bond acceptors (Lipinski definition) is 2. The van der Waals surface area contributed by atoms with Gasteiger partial charge in [-0.05, 0) is 178 Å². The van der Waals surface area contributed by atoms with E-state index < -0.39 is 5.41 Å². The molecular formula is C62H60N2. The third-order valence-electron chi connectivity index (χ3n) is 13.9. The molecule has 0 radical (unpaired) electrons. The molecule has 318 valence electrons. The molecule has 0 aromatic heterocycles. The first-order valence-electron chi connectivity index (χ1n) is 24.0. The van der Waals surface area contributed by atoms with Crippen LogP contribution in [-0.4, -0.2) is 0 Å². The summed E-state index contributed by atoms with van der Waals surface area (Å²) in [7, 11) is 0. The lowest BCUT2D eigenvalue weighted by atomic mass is 9.70. The second-order valence-electron chi connectivity index (χ2n) is 17.9. The smallest absolute Gasteiger partial charge is 0.0727 e. The van der Waals surface area contributed by atoms with Crippen LogP contribution < -0.4 is 9.80 Å². The van der Waals surface area contributed by atoms with Crippen molar-refractivity contribution in [2.75, 3.05) is 9.80 Å². The van der Waals surface area contributed by atoms with Gasteiger partial charge in [0.15, 0.2) is 0 Å². The Labute approximate surface area is 381 Å². The van der Waals surface area contributed by atoms with Crippen molar-refractivity contribution in [2.24, 2.45) is 0 Å². The van der Waals surface area contributed by atoms with Crippen LogP contribution in [0.25, 0.3) is 22.3 Å². The Hall–Kier alpha value is -6.64. The summed E-state index contributed by atoms with van der Waals surface area (Å²) in [6.07, 6.45) is 10.2. The molecule has 8 aromatic rings. The molecule has 2 nitrogen and oxygen atoms in total. The fourth-order valence-electron chi connectivity index (χ4n) is 10.7. The van der Waals surface area contributed by atoms with E-state index >= 15 is 0 Å². The van der Waals surface area contributed by atoms with Gasteiger partial charge in [-0.25, -0.2) is 0 Å². The molecule has 64 heavy (non-hydrogen) atoms. The van der Waals surface area contributed by atoms with Crippen LogP contribution in [-0.2, 0) is 31.1 Å². The zero-order valence-corrected chi connectivity index (χ0v) is 38.1. The molecule has 8 aromatic carbocycles. The van der Waals surface area contributed by atoms with E-state index in [2.05, 4.69) is 219 Å². The molecule has 0 heterocycles. The van der Waals surface area contributed by atoms with Gasteiger partial charge in [0.2, 0.25) is 0 Å². The van der Waals surface area contributed by atoms with E-state index in [0.29, 0.717) is 0 Å².